The Kier molecular flexibility index (Phi) is 7.26. The fraction of sp³-hybridized carbons (Fsp3) is 0.400. The Morgan fingerprint density at radius 1 is 1.08 bits per heavy atom. The molecule has 0 spiro atoms. The van der Waals surface area contributed by atoms with Crippen LogP contribution in [-0.2, 0) is 0 Å². The van der Waals surface area contributed by atoms with Crippen LogP contribution in [-0.4, -0.2) is 38.2 Å². The van der Waals surface area contributed by atoms with Crippen molar-refractivity contribution >= 4 is 17.3 Å². The van der Waals surface area contributed by atoms with Crippen molar-refractivity contribution in [2.75, 3.05) is 37.5 Å². The summed E-state index contributed by atoms with van der Waals surface area (Å²) in [4.78, 5) is 19.1. The van der Waals surface area contributed by atoms with Crippen LogP contribution >= 0.6 is 0 Å². The molecule has 0 atom stereocenters. The molecule has 0 aliphatic rings. The van der Waals surface area contributed by atoms with E-state index in [0.717, 1.165) is 31.6 Å². The van der Waals surface area contributed by atoms with Crippen molar-refractivity contribution in [1.82, 2.24) is 4.98 Å². The molecule has 0 unspecified atom stereocenters. The monoisotopic (exact) mass is 357 g/mol. The van der Waals surface area contributed by atoms with E-state index in [4.69, 9.17) is 9.47 Å². The van der Waals surface area contributed by atoms with Gasteiger partial charge in [0, 0.05) is 19.2 Å². The number of nitrogens with one attached hydrogen (secondary N) is 1. The molecule has 6 heteroatoms. The number of aromatic nitrogens is 1. The van der Waals surface area contributed by atoms with Crippen LogP contribution in [0.3, 0.4) is 0 Å². The summed E-state index contributed by atoms with van der Waals surface area (Å²) >= 11 is 0. The first-order valence-corrected chi connectivity index (χ1v) is 8.87. The number of ether oxygens (including phenoxy) is 2. The summed E-state index contributed by atoms with van der Waals surface area (Å²) in [5.74, 6) is 0.910. The summed E-state index contributed by atoms with van der Waals surface area (Å²) in [6.45, 7) is 6.25. The van der Waals surface area contributed by atoms with Gasteiger partial charge in [-0.1, -0.05) is 13.8 Å². The van der Waals surface area contributed by atoms with E-state index in [-0.39, 0.29) is 5.91 Å². The Labute approximate surface area is 155 Å². The number of methoxy groups -OCH3 is 2. The average molecular weight is 357 g/mol. The average Bonchev–Trinajstić information content (AvgIpc) is 2.67. The maximum Gasteiger partial charge on any atom is 0.274 e. The molecular formula is C20H27N3O3. The van der Waals surface area contributed by atoms with Gasteiger partial charge in [-0.2, -0.15) is 0 Å². The Morgan fingerprint density at radius 3 is 2.35 bits per heavy atom. The number of rotatable bonds is 9. The van der Waals surface area contributed by atoms with Gasteiger partial charge in [-0.25, -0.2) is 4.98 Å². The van der Waals surface area contributed by atoms with Crippen LogP contribution in [0.15, 0.2) is 36.5 Å². The molecule has 0 radical (unpaired) electrons. The van der Waals surface area contributed by atoms with Gasteiger partial charge in [-0.05, 0) is 37.1 Å². The molecule has 0 saturated heterocycles. The van der Waals surface area contributed by atoms with Crippen LogP contribution in [0.1, 0.15) is 37.2 Å². The Hall–Kier alpha value is -2.76. The number of pyridine rings is 1. The van der Waals surface area contributed by atoms with Gasteiger partial charge in [-0.15, -0.1) is 0 Å². The largest absolute Gasteiger partial charge is 0.497 e. The minimum Gasteiger partial charge on any atom is -0.497 e. The van der Waals surface area contributed by atoms with Gasteiger partial charge < -0.3 is 19.7 Å². The number of benzene rings is 1. The molecule has 26 heavy (non-hydrogen) atoms. The third-order valence-corrected chi connectivity index (χ3v) is 3.99. The predicted molar refractivity (Wildman–Crippen MR) is 105 cm³/mol. The van der Waals surface area contributed by atoms with Gasteiger partial charge in [-0.3, -0.25) is 4.79 Å². The summed E-state index contributed by atoms with van der Waals surface area (Å²) in [5.41, 5.74) is 1.93. The van der Waals surface area contributed by atoms with E-state index in [1.807, 2.05) is 6.07 Å². The van der Waals surface area contributed by atoms with E-state index < -0.39 is 0 Å². The second-order valence-corrected chi connectivity index (χ2v) is 5.91. The Balaban J connectivity index is 2.15. The third kappa shape index (κ3) is 4.88. The number of hydrogen-bond acceptors (Lipinski definition) is 5. The standard InChI is InChI=1S/C20H27N3O3/c1-5-11-23(12-6-2)15-7-9-17(21-14-15)20(24)22-18-13-16(25-3)8-10-19(18)26-4/h7-10,13-14H,5-6,11-12H2,1-4H3,(H,22,24). The number of nitrogens with zero attached hydrogens (tertiary/aromatic N) is 2. The molecular weight excluding hydrogens is 330 g/mol. The topological polar surface area (TPSA) is 63.7 Å². The summed E-state index contributed by atoms with van der Waals surface area (Å²) in [5, 5.41) is 2.83. The molecule has 6 nitrogen and oxygen atoms in total. The second kappa shape index (κ2) is 9.65. The molecule has 140 valence electrons. The molecule has 0 aliphatic carbocycles. The number of carbonyl (C=O) groups excluding carboxylic acids is 1. The smallest absolute Gasteiger partial charge is 0.274 e. The first-order chi connectivity index (χ1) is 12.6. The number of anilines is 2. The SMILES string of the molecule is CCCN(CCC)c1ccc(C(=O)Nc2cc(OC)ccc2OC)nc1. The normalized spacial score (nSPS) is 10.3. The lowest BCUT2D eigenvalue weighted by Gasteiger charge is -2.23. The lowest BCUT2D eigenvalue weighted by atomic mass is 10.2. The number of carbonyl (C=O) groups is 1. The van der Waals surface area contributed by atoms with Gasteiger partial charge in [0.25, 0.3) is 5.91 Å². The summed E-state index contributed by atoms with van der Waals surface area (Å²) < 4.78 is 10.5. The molecule has 0 saturated carbocycles. The van der Waals surface area contributed by atoms with Gasteiger partial charge >= 0.3 is 0 Å². The van der Waals surface area contributed by atoms with Crippen LogP contribution < -0.4 is 19.7 Å². The predicted octanol–water partition coefficient (Wildman–Crippen LogP) is 3.98. The van der Waals surface area contributed by atoms with E-state index in [9.17, 15) is 4.79 Å². The van der Waals surface area contributed by atoms with Crippen LogP contribution in [0, 0.1) is 0 Å². The summed E-state index contributed by atoms with van der Waals surface area (Å²) in [6.07, 6.45) is 3.89. The maximum absolute atomic E-state index is 12.5. The van der Waals surface area contributed by atoms with Gasteiger partial charge in [0.1, 0.15) is 17.2 Å². The Bertz CT molecular complexity index is 711. The highest BCUT2D eigenvalue weighted by molar-refractivity contribution is 6.03. The summed E-state index contributed by atoms with van der Waals surface area (Å²) in [7, 11) is 3.13. The zero-order valence-electron chi connectivity index (χ0n) is 15.9. The van der Waals surface area contributed by atoms with E-state index in [0.29, 0.717) is 22.9 Å². The first-order valence-electron chi connectivity index (χ1n) is 8.87. The minimum atomic E-state index is -0.291. The lowest BCUT2D eigenvalue weighted by Crippen LogP contribution is -2.25. The lowest BCUT2D eigenvalue weighted by molar-refractivity contribution is 0.102. The molecule has 2 aromatic rings. The van der Waals surface area contributed by atoms with Crippen LogP contribution in [0.4, 0.5) is 11.4 Å². The first kappa shape index (κ1) is 19.6. The second-order valence-electron chi connectivity index (χ2n) is 5.91. The van der Waals surface area contributed by atoms with Crippen LogP contribution in [0.25, 0.3) is 0 Å². The molecule has 0 fully saturated rings. The van der Waals surface area contributed by atoms with Gasteiger partial charge in [0.2, 0.25) is 0 Å². The van der Waals surface area contributed by atoms with Crippen molar-refractivity contribution in [3.63, 3.8) is 0 Å². The quantitative estimate of drug-likeness (QED) is 0.735. The van der Waals surface area contributed by atoms with Gasteiger partial charge in [0.15, 0.2) is 0 Å². The maximum atomic E-state index is 12.5. The molecule has 1 amide bonds. The van der Waals surface area contributed by atoms with Crippen molar-refractivity contribution in [1.29, 1.82) is 0 Å². The van der Waals surface area contributed by atoms with Crippen LogP contribution in [0.5, 0.6) is 11.5 Å². The number of hydrogen-bond donors (Lipinski definition) is 1. The highest BCUT2D eigenvalue weighted by Gasteiger charge is 2.13. The van der Waals surface area contributed by atoms with Crippen molar-refractivity contribution in [2.24, 2.45) is 0 Å². The van der Waals surface area contributed by atoms with E-state index in [1.165, 1.54) is 0 Å². The number of amides is 1. The zero-order valence-corrected chi connectivity index (χ0v) is 15.9. The Morgan fingerprint density at radius 2 is 1.81 bits per heavy atom. The zero-order chi connectivity index (χ0) is 18.9. The van der Waals surface area contributed by atoms with Crippen molar-refractivity contribution in [2.45, 2.75) is 26.7 Å². The van der Waals surface area contributed by atoms with E-state index in [1.54, 1.807) is 44.7 Å². The molecule has 1 aromatic carbocycles. The highest BCUT2D eigenvalue weighted by Crippen LogP contribution is 2.29. The molecule has 1 aromatic heterocycles. The molecule has 0 bridgehead atoms. The van der Waals surface area contributed by atoms with Crippen molar-refractivity contribution < 1.29 is 14.3 Å². The fourth-order valence-electron chi connectivity index (χ4n) is 2.72. The molecule has 2 rings (SSSR count). The van der Waals surface area contributed by atoms with Crippen LogP contribution in [0.2, 0.25) is 0 Å². The van der Waals surface area contributed by atoms with E-state index >= 15 is 0 Å². The fourth-order valence-corrected chi connectivity index (χ4v) is 2.72. The minimum absolute atomic E-state index is 0.291. The van der Waals surface area contributed by atoms with Crippen molar-refractivity contribution in [3.8, 4) is 11.5 Å². The summed E-state index contributed by atoms with van der Waals surface area (Å²) in [6, 6.07) is 8.93. The highest BCUT2D eigenvalue weighted by atomic mass is 16.5. The van der Waals surface area contributed by atoms with Crippen molar-refractivity contribution in [3.05, 3.63) is 42.2 Å². The molecule has 1 N–H and O–H groups in total. The van der Waals surface area contributed by atoms with Gasteiger partial charge in [0.05, 0.1) is 31.8 Å². The van der Waals surface area contributed by atoms with E-state index in [2.05, 4.69) is 29.0 Å². The third-order valence-electron chi connectivity index (χ3n) is 3.99. The molecule has 1 heterocycles. The molecule has 0 aliphatic heterocycles.